The molecule has 0 spiro atoms. The molecule has 1 saturated heterocycles. The summed E-state index contributed by atoms with van der Waals surface area (Å²) in [7, 11) is -3.33. The van der Waals surface area contributed by atoms with Crippen molar-refractivity contribution in [2.75, 3.05) is 12.8 Å². The van der Waals surface area contributed by atoms with Gasteiger partial charge in [-0.1, -0.05) is 18.2 Å². The van der Waals surface area contributed by atoms with Crippen molar-refractivity contribution in [3.63, 3.8) is 0 Å². The van der Waals surface area contributed by atoms with Crippen LogP contribution in [0.1, 0.15) is 38.3 Å². The number of amides is 2. The van der Waals surface area contributed by atoms with Crippen molar-refractivity contribution in [2.24, 2.45) is 5.92 Å². The first-order chi connectivity index (χ1) is 12.9. The van der Waals surface area contributed by atoms with Gasteiger partial charge in [0, 0.05) is 30.2 Å². The van der Waals surface area contributed by atoms with E-state index in [1.165, 1.54) is 35.2 Å². The van der Waals surface area contributed by atoms with Crippen molar-refractivity contribution in [1.82, 2.24) is 10.2 Å². The Morgan fingerprint density at radius 1 is 1.32 bits per heavy atom. The third kappa shape index (κ3) is 6.25. The van der Waals surface area contributed by atoms with E-state index in [0.717, 1.165) is 18.6 Å². The molecule has 0 aromatic heterocycles. The van der Waals surface area contributed by atoms with E-state index in [9.17, 15) is 26.4 Å². The third-order valence-corrected chi connectivity index (χ3v) is 5.45. The second-order valence-electron chi connectivity index (χ2n) is 7.33. The smallest absolute Gasteiger partial charge is 0.318 e. The molecule has 5 nitrogen and oxygen atoms in total. The summed E-state index contributed by atoms with van der Waals surface area (Å²) in [6.07, 6.45) is 2.57. The number of halogens is 3. The number of alkyl halides is 2. The predicted molar refractivity (Wildman–Crippen MR) is 101 cm³/mol. The lowest BCUT2D eigenvalue weighted by Crippen LogP contribution is -2.50. The number of hydrogen-bond acceptors (Lipinski definition) is 3. The Morgan fingerprint density at radius 3 is 2.46 bits per heavy atom. The molecule has 1 aromatic carbocycles. The number of benzene rings is 1. The predicted octanol–water partition coefficient (Wildman–Crippen LogP) is 3.89. The van der Waals surface area contributed by atoms with E-state index < -0.39 is 45.6 Å². The van der Waals surface area contributed by atoms with Gasteiger partial charge in [-0.3, -0.25) is 0 Å². The highest BCUT2D eigenvalue weighted by atomic mass is 32.2. The fraction of sp³-hybridized carbons (Fsp3) is 0.526. The minimum absolute atomic E-state index is 0.0517. The molecule has 1 aromatic rings. The third-order valence-electron chi connectivity index (χ3n) is 4.80. The van der Waals surface area contributed by atoms with Crippen LogP contribution in [0.4, 0.5) is 18.0 Å². The summed E-state index contributed by atoms with van der Waals surface area (Å²) in [5, 5.41) is 3.66. The van der Waals surface area contributed by atoms with Crippen LogP contribution in [-0.2, 0) is 9.84 Å². The number of carbonyl (C=O) groups is 1. The number of nitrogens with zero attached hydrogens (tertiary/aromatic N) is 1. The summed E-state index contributed by atoms with van der Waals surface area (Å²) in [4.78, 5) is 14.2. The summed E-state index contributed by atoms with van der Waals surface area (Å²) >= 11 is 0. The lowest BCUT2D eigenvalue weighted by Gasteiger charge is -2.41. The van der Waals surface area contributed by atoms with Crippen molar-refractivity contribution >= 4 is 15.9 Å². The van der Waals surface area contributed by atoms with Gasteiger partial charge < -0.3 is 10.2 Å². The normalized spacial score (nSPS) is 22.3. The van der Waals surface area contributed by atoms with Gasteiger partial charge in [-0.2, -0.15) is 0 Å². The molecule has 1 unspecified atom stereocenters. The van der Waals surface area contributed by atoms with E-state index in [1.807, 2.05) is 0 Å². The molecular weight excluding hydrogens is 393 g/mol. The summed E-state index contributed by atoms with van der Waals surface area (Å²) < 4.78 is 63.4. The zero-order chi connectivity index (χ0) is 21.1. The first-order valence-corrected chi connectivity index (χ1v) is 10.9. The maximum absolute atomic E-state index is 13.9. The van der Waals surface area contributed by atoms with Gasteiger partial charge in [0.2, 0.25) is 5.92 Å². The van der Waals surface area contributed by atoms with Crippen LogP contribution in [0.3, 0.4) is 0 Å². The molecule has 3 atom stereocenters. The second kappa shape index (κ2) is 8.55. The van der Waals surface area contributed by atoms with Gasteiger partial charge in [0.15, 0.2) is 9.84 Å². The molecule has 2 amide bonds. The van der Waals surface area contributed by atoms with Crippen LogP contribution in [-0.4, -0.2) is 44.1 Å². The molecule has 156 valence electrons. The van der Waals surface area contributed by atoms with E-state index in [-0.39, 0.29) is 19.4 Å². The van der Waals surface area contributed by atoms with Crippen molar-refractivity contribution in [3.05, 3.63) is 47.1 Å². The Kier molecular flexibility index (Phi) is 6.80. The highest BCUT2D eigenvalue weighted by molar-refractivity contribution is 7.93. The van der Waals surface area contributed by atoms with Gasteiger partial charge in [-0.05, 0) is 44.4 Å². The highest BCUT2D eigenvalue weighted by Crippen LogP contribution is 2.41. The fourth-order valence-electron chi connectivity index (χ4n) is 3.26. The molecule has 1 aliphatic heterocycles. The number of urea groups is 1. The fourth-order valence-corrected chi connectivity index (χ4v) is 3.78. The topological polar surface area (TPSA) is 66.5 Å². The van der Waals surface area contributed by atoms with Gasteiger partial charge in [-0.25, -0.2) is 26.4 Å². The molecule has 1 aliphatic rings. The van der Waals surface area contributed by atoms with Crippen molar-refractivity contribution in [3.8, 4) is 0 Å². The first-order valence-electron chi connectivity index (χ1n) is 8.95. The maximum atomic E-state index is 13.9. The quantitative estimate of drug-likeness (QED) is 0.789. The Morgan fingerprint density at radius 2 is 1.93 bits per heavy atom. The largest absolute Gasteiger partial charge is 0.332 e. The SMILES string of the molecule is CC(/C=C/S(C)(=O)=O)NC(=O)N1CC[C@H](C(C)(F)F)C[C@@H]1c1ccc(F)cc1. The van der Waals surface area contributed by atoms with E-state index in [0.29, 0.717) is 5.56 Å². The molecule has 0 bridgehead atoms. The second-order valence-corrected chi connectivity index (χ2v) is 9.27. The van der Waals surface area contributed by atoms with Crippen LogP contribution in [0.5, 0.6) is 0 Å². The standard InChI is InChI=1S/C19H25F3N2O3S/c1-13(9-11-28(3,26)27)23-18(25)24-10-8-15(19(2,21)22)12-17(24)14-4-6-16(20)7-5-14/h4-7,9,11,13,15,17H,8,10,12H2,1-3H3,(H,23,25)/b11-9+/t13?,15-,17+/m0/s1. The van der Waals surface area contributed by atoms with E-state index in [4.69, 9.17) is 0 Å². The number of carbonyl (C=O) groups excluding carboxylic acids is 1. The first kappa shape index (κ1) is 22.3. The Hall–Kier alpha value is -2.03. The van der Waals surface area contributed by atoms with Crippen LogP contribution in [0.25, 0.3) is 0 Å². The average Bonchev–Trinajstić information content (AvgIpc) is 2.59. The lowest BCUT2D eigenvalue weighted by molar-refractivity contribution is -0.0686. The summed E-state index contributed by atoms with van der Waals surface area (Å²) in [5.41, 5.74) is 0.574. The monoisotopic (exact) mass is 418 g/mol. The van der Waals surface area contributed by atoms with Gasteiger partial charge in [0.05, 0.1) is 6.04 Å². The Balaban J connectivity index is 2.21. The number of hydrogen-bond donors (Lipinski definition) is 1. The Labute approximate surface area is 163 Å². The summed E-state index contributed by atoms with van der Waals surface area (Å²) in [6, 6.07) is 3.76. The van der Waals surface area contributed by atoms with Crippen LogP contribution >= 0.6 is 0 Å². The van der Waals surface area contributed by atoms with Crippen LogP contribution in [0, 0.1) is 11.7 Å². The zero-order valence-electron chi connectivity index (χ0n) is 16.0. The number of nitrogens with one attached hydrogen (secondary N) is 1. The molecule has 1 fully saturated rings. The molecule has 1 heterocycles. The van der Waals surface area contributed by atoms with E-state index >= 15 is 0 Å². The zero-order valence-corrected chi connectivity index (χ0v) is 16.8. The number of rotatable bonds is 5. The number of likely N-dealkylation sites (tertiary alicyclic amines) is 1. The van der Waals surface area contributed by atoms with Gasteiger partial charge in [-0.15, -0.1) is 0 Å². The van der Waals surface area contributed by atoms with Gasteiger partial charge >= 0.3 is 6.03 Å². The maximum Gasteiger partial charge on any atom is 0.318 e. The highest BCUT2D eigenvalue weighted by Gasteiger charge is 2.42. The summed E-state index contributed by atoms with van der Waals surface area (Å²) in [5.74, 6) is -4.23. The number of piperidine rings is 1. The summed E-state index contributed by atoms with van der Waals surface area (Å²) in [6.45, 7) is 2.59. The molecular formula is C19H25F3N2O3S. The Bertz CT molecular complexity index is 820. The molecule has 0 aliphatic carbocycles. The van der Waals surface area contributed by atoms with Crippen molar-refractivity contribution in [1.29, 1.82) is 0 Å². The van der Waals surface area contributed by atoms with Gasteiger partial charge in [0.1, 0.15) is 5.82 Å². The van der Waals surface area contributed by atoms with Gasteiger partial charge in [0.25, 0.3) is 0 Å². The van der Waals surface area contributed by atoms with Crippen LogP contribution < -0.4 is 5.32 Å². The average molecular weight is 418 g/mol. The molecule has 1 N–H and O–H groups in total. The lowest BCUT2D eigenvalue weighted by atomic mass is 9.84. The molecule has 9 heteroatoms. The molecule has 2 rings (SSSR count). The minimum atomic E-state index is -3.33. The van der Waals surface area contributed by atoms with Crippen molar-refractivity contribution in [2.45, 2.75) is 44.7 Å². The van der Waals surface area contributed by atoms with E-state index in [2.05, 4.69) is 5.32 Å². The molecule has 0 saturated carbocycles. The minimum Gasteiger partial charge on any atom is -0.332 e. The van der Waals surface area contributed by atoms with E-state index in [1.54, 1.807) is 6.92 Å². The van der Waals surface area contributed by atoms with Crippen molar-refractivity contribution < 1.29 is 26.4 Å². The molecule has 0 radical (unpaired) electrons. The number of sulfone groups is 1. The van der Waals surface area contributed by atoms with Crippen LogP contribution in [0.2, 0.25) is 0 Å². The van der Waals surface area contributed by atoms with Crippen LogP contribution in [0.15, 0.2) is 35.7 Å². The molecule has 28 heavy (non-hydrogen) atoms.